The van der Waals surface area contributed by atoms with Gasteiger partial charge in [-0.25, -0.2) is 0 Å². The molecule has 1 fully saturated rings. The summed E-state index contributed by atoms with van der Waals surface area (Å²) in [5, 5.41) is 3.59. The van der Waals surface area contributed by atoms with Crippen LogP contribution in [0.5, 0.6) is 0 Å². The summed E-state index contributed by atoms with van der Waals surface area (Å²) in [5.74, 6) is 0. The molecule has 1 N–H and O–H groups in total. The molecule has 0 saturated carbocycles. The highest BCUT2D eigenvalue weighted by atomic mass is 15.2. The fourth-order valence-electron chi connectivity index (χ4n) is 2.38. The topological polar surface area (TPSA) is 15.3 Å². The highest BCUT2D eigenvalue weighted by Gasteiger charge is 2.30. The van der Waals surface area contributed by atoms with Gasteiger partial charge in [0.1, 0.15) is 0 Å². The average molecular weight is 218 g/mol. The SMILES string of the molecule is Cc1ccccc1N1CC(C)(C)NC[C@@H]1C. The van der Waals surface area contributed by atoms with Gasteiger partial charge in [0.2, 0.25) is 0 Å². The Morgan fingerprint density at radius 2 is 2.00 bits per heavy atom. The third-order valence-corrected chi connectivity index (χ3v) is 3.40. The van der Waals surface area contributed by atoms with E-state index >= 15 is 0 Å². The average Bonchev–Trinajstić information content (AvgIpc) is 2.23. The van der Waals surface area contributed by atoms with Gasteiger partial charge in [-0.1, -0.05) is 18.2 Å². The van der Waals surface area contributed by atoms with Crippen LogP contribution in [0.25, 0.3) is 0 Å². The normalized spacial score (nSPS) is 24.5. The number of hydrogen-bond acceptors (Lipinski definition) is 2. The van der Waals surface area contributed by atoms with E-state index in [0.717, 1.165) is 13.1 Å². The lowest BCUT2D eigenvalue weighted by molar-refractivity contribution is 0.318. The first kappa shape index (κ1) is 11.5. The van der Waals surface area contributed by atoms with E-state index in [9.17, 15) is 0 Å². The number of anilines is 1. The molecule has 1 aromatic rings. The highest BCUT2D eigenvalue weighted by molar-refractivity contribution is 5.54. The Morgan fingerprint density at radius 1 is 1.31 bits per heavy atom. The highest BCUT2D eigenvalue weighted by Crippen LogP contribution is 2.26. The molecule has 0 radical (unpaired) electrons. The Hall–Kier alpha value is -1.02. The zero-order chi connectivity index (χ0) is 11.8. The molecule has 0 amide bonds. The summed E-state index contributed by atoms with van der Waals surface area (Å²) in [7, 11) is 0. The van der Waals surface area contributed by atoms with Gasteiger partial charge in [-0.2, -0.15) is 0 Å². The molecule has 1 atom stereocenters. The van der Waals surface area contributed by atoms with Crippen LogP contribution in [0.1, 0.15) is 26.3 Å². The van der Waals surface area contributed by atoms with Crippen molar-refractivity contribution in [1.82, 2.24) is 5.32 Å². The third kappa shape index (κ3) is 2.22. The predicted molar refractivity (Wildman–Crippen MR) is 70.1 cm³/mol. The minimum absolute atomic E-state index is 0.203. The first-order chi connectivity index (χ1) is 7.49. The Morgan fingerprint density at radius 3 is 2.69 bits per heavy atom. The summed E-state index contributed by atoms with van der Waals surface area (Å²) in [6.45, 7) is 11.1. The third-order valence-electron chi connectivity index (χ3n) is 3.40. The van der Waals surface area contributed by atoms with Crippen LogP contribution in [-0.4, -0.2) is 24.7 Å². The molecule has 1 aliphatic heterocycles. The fourth-order valence-corrected chi connectivity index (χ4v) is 2.38. The molecule has 1 aromatic carbocycles. The number of hydrogen-bond donors (Lipinski definition) is 1. The van der Waals surface area contributed by atoms with E-state index in [4.69, 9.17) is 0 Å². The zero-order valence-electron chi connectivity index (χ0n) is 10.7. The van der Waals surface area contributed by atoms with Gasteiger partial charge < -0.3 is 10.2 Å². The van der Waals surface area contributed by atoms with Crippen LogP contribution in [0.2, 0.25) is 0 Å². The van der Waals surface area contributed by atoms with Crippen molar-refractivity contribution < 1.29 is 0 Å². The van der Waals surface area contributed by atoms with Crippen LogP contribution in [0, 0.1) is 6.92 Å². The number of piperazine rings is 1. The van der Waals surface area contributed by atoms with Crippen LogP contribution >= 0.6 is 0 Å². The van der Waals surface area contributed by atoms with Gasteiger partial charge in [-0.15, -0.1) is 0 Å². The first-order valence-corrected chi connectivity index (χ1v) is 6.07. The van der Waals surface area contributed by atoms with Crippen molar-refractivity contribution in [3.05, 3.63) is 29.8 Å². The fraction of sp³-hybridized carbons (Fsp3) is 0.571. The van der Waals surface area contributed by atoms with Gasteiger partial charge in [-0.05, 0) is 39.3 Å². The van der Waals surface area contributed by atoms with Gasteiger partial charge in [0, 0.05) is 30.4 Å². The molecule has 2 heteroatoms. The van der Waals surface area contributed by atoms with Crippen molar-refractivity contribution in [2.45, 2.75) is 39.3 Å². The maximum Gasteiger partial charge on any atom is 0.0399 e. The Bertz CT molecular complexity index is 371. The van der Waals surface area contributed by atoms with Crippen molar-refractivity contribution in [2.24, 2.45) is 0 Å². The summed E-state index contributed by atoms with van der Waals surface area (Å²) in [6.07, 6.45) is 0. The summed E-state index contributed by atoms with van der Waals surface area (Å²) < 4.78 is 0. The number of benzene rings is 1. The van der Waals surface area contributed by atoms with Gasteiger partial charge in [0.15, 0.2) is 0 Å². The first-order valence-electron chi connectivity index (χ1n) is 6.07. The van der Waals surface area contributed by atoms with Crippen molar-refractivity contribution in [3.8, 4) is 0 Å². The number of aryl methyl sites for hydroxylation is 1. The number of nitrogens with one attached hydrogen (secondary N) is 1. The second kappa shape index (κ2) is 4.10. The quantitative estimate of drug-likeness (QED) is 0.779. The molecule has 16 heavy (non-hydrogen) atoms. The Labute approximate surface area is 98.7 Å². The molecule has 2 rings (SSSR count). The van der Waals surface area contributed by atoms with Crippen molar-refractivity contribution in [3.63, 3.8) is 0 Å². The van der Waals surface area contributed by atoms with Crippen molar-refractivity contribution >= 4 is 5.69 Å². The second-order valence-electron chi connectivity index (χ2n) is 5.53. The van der Waals surface area contributed by atoms with Crippen molar-refractivity contribution in [1.29, 1.82) is 0 Å². The van der Waals surface area contributed by atoms with Gasteiger partial charge in [-0.3, -0.25) is 0 Å². The standard InChI is InChI=1S/C14H22N2/c1-11-7-5-6-8-13(11)16-10-14(3,4)15-9-12(16)2/h5-8,12,15H,9-10H2,1-4H3/t12-/m0/s1. The Kier molecular flexibility index (Phi) is 2.94. The van der Waals surface area contributed by atoms with Crippen LogP contribution in [0.3, 0.4) is 0 Å². The molecule has 0 bridgehead atoms. The predicted octanol–water partition coefficient (Wildman–Crippen LogP) is 2.57. The van der Waals surface area contributed by atoms with E-state index in [2.05, 4.69) is 62.2 Å². The van der Waals surface area contributed by atoms with Crippen LogP contribution in [0.4, 0.5) is 5.69 Å². The van der Waals surface area contributed by atoms with Crippen LogP contribution in [-0.2, 0) is 0 Å². The molecule has 0 spiro atoms. The molecule has 88 valence electrons. The molecule has 1 heterocycles. The summed E-state index contributed by atoms with van der Waals surface area (Å²) in [4.78, 5) is 2.52. The van der Waals surface area contributed by atoms with E-state index in [1.54, 1.807) is 0 Å². The smallest absolute Gasteiger partial charge is 0.0399 e. The van der Waals surface area contributed by atoms with Crippen molar-refractivity contribution in [2.75, 3.05) is 18.0 Å². The molecule has 2 nitrogen and oxygen atoms in total. The largest absolute Gasteiger partial charge is 0.366 e. The lowest BCUT2D eigenvalue weighted by Gasteiger charge is -2.45. The van der Waals surface area contributed by atoms with E-state index in [0.29, 0.717) is 6.04 Å². The molecule has 1 aliphatic rings. The minimum atomic E-state index is 0.203. The maximum atomic E-state index is 3.59. The van der Waals surface area contributed by atoms with Gasteiger partial charge in [0.25, 0.3) is 0 Å². The number of rotatable bonds is 1. The second-order valence-corrected chi connectivity index (χ2v) is 5.53. The van der Waals surface area contributed by atoms with E-state index < -0.39 is 0 Å². The lowest BCUT2D eigenvalue weighted by Crippen LogP contribution is -2.61. The van der Waals surface area contributed by atoms with E-state index in [-0.39, 0.29) is 5.54 Å². The molecule has 1 saturated heterocycles. The molecule has 0 aliphatic carbocycles. The lowest BCUT2D eigenvalue weighted by atomic mass is 9.98. The van der Waals surface area contributed by atoms with Gasteiger partial charge >= 0.3 is 0 Å². The molecular formula is C14H22N2. The molecule has 0 aromatic heterocycles. The summed E-state index contributed by atoms with van der Waals surface area (Å²) in [6, 6.07) is 9.22. The molecular weight excluding hydrogens is 196 g/mol. The summed E-state index contributed by atoms with van der Waals surface area (Å²) >= 11 is 0. The van der Waals surface area contributed by atoms with Crippen LogP contribution in [0.15, 0.2) is 24.3 Å². The molecule has 0 unspecified atom stereocenters. The Balaban J connectivity index is 2.28. The van der Waals surface area contributed by atoms with Crippen LogP contribution < -0.4 is 10.2 Å². The monoisotopic (exact) mass is 218 g/mol. The minimum Gasteiger partial charge on any atom is -0.366 e. The van der Waals surface area contributed by atoms with Gasteiger partial charge in [0.05, 0.1) is 0 Å². The van der Waals surface area contributed by atoms with E-state index in [1.807, 2.05) is 0 Å². The maximum absolute atomic E-state index is 3.59. The summed E-state index contributed by atoms with van der Waals surface area (Å²) in [5.41, 5.74) is 2.95. The van der Waals surface area contributed by atoms with E-state index in [1.165, 1.54) is 11.3 Å². The zero-order valence-corrected chi connectivity index (χ0v) is 10.7. The number of nitrogens with zero attached hydrogens (tertiary/aromatic N) is 1. The number of para-hydroxylation sites is 1.